The quantitative estimate of drug-likeness (QED) is 0.290. The summed E-state index contributed by atoms with van der Waals surface area (Å²) in [5.41, 5.74) is 2.97. The third-order valence-corrected chi connectivity index (χ3v) is 4.82. The number of nitrogens with zero attached hydrogens (tertiary/aromatic N) is 1. The van der Waals surface area contributed by atoms with Gasteiger partial charge in [-0.1, -0.05) is 42.0 Å². The van der Waals surface area contributed by atoms with E-state index in [0.29, 0.717) is 28.3 Å². The van der Waals surface area contributed by atoms with Crippen molar-refractivity contribution in [3.63, 3.8) is 0 Å². The van der Waals surface area contributed by atoms with Crippen LogP contribution in [0.2, 0.25) is 0 Å². The summed E-state index contributed by atoms with van der Waals surface area (Å²) in [6.07, 6.45) is 1.43. The molecular weight excluding hydrogens is 430 g/mol. The zero-order chi connectivity index (χ0) is 24.5. The molecule has 3 rings (SSSR count). The number of hydrogen-bond donors (Lipinski definition) is 2. The highest BCUT2D eigenvalue weighted by Gasteiger charge is 2.13. The second-order valence-electron chi connectivity index (χ2n) is 7.50. The summed E-state index contributed by atoms with van der Waals surface area (Å²) in [4.78, 5) is 36.4. The maximum atomic E-state index is 12.6. The van der Waals surface area contributed by atoms with Crippen LogP contribution < -0.4 is 15.4 Å². The van der Waals surface area contributed by atoms with E-state index in [4.69, 9.17) is 4.74 Å². The lowest BCUT2D eigenvalue weighted by Crippen LogP contribution is -2.20. The molecule has 0 heterocycles. The number of ketones is 1. The van der Waals surface area contributed by atoms with E-state index >= 15 is 0 Å². The van der Waals surface area contributed by atoms with Gasteiger partial charge in [-0.05, 0) is 61.9 Å². The minimum absolute atomic E-state index is 0.121. The van der Waals surface area contributed by atoms with Crippen LogP contribution in [0.15, 0.2) is 78.4 Å². The van der Waals surface area contributed by atoms with Gasteiger partial charge in [0.15, 0.2) is 12.4 Å². The largest absolute Gasteiger partial charge is 0.484 e. The molecule has 7 nitrogen and oxygen atoms in total. The number of benzene rings is 3. The lowest BCUT2D eigenvalue weighted by atomic mass is 10.1. The first kappa shape index (κ1) is 24.0. The van der Waals surface area contributed by atoms with E-state index in [0.717, 1.165) is 5.56 Å². The van der Waals surface area contributed by atoms with E-state index in [1.165, 1.54) is 13.0 Å². The zero-order valence-corrected chi connectivity index (χ0v) is 18.8. The number of carbonyl (C=O) groups is 3. The Balaban J connectivity index is 1.60. The van der Waals surface area contributed by atoms with Crippen molar-refractivity contribution in [2.24, 2.45) is 0 Å². The molecule has 3 aromatic rings. The number of hydrogen-bond acceptors (Lipinski definition) is 5. The van der Waals surface area contributed by atoms with Crippen LogP contribution >= 0.6 is 0 Å². The first-order chi connectivity index (χ1) is 16.4. The number of ether oxygens (including phenoxy) is 1. The van der Waals surface area contributed by atoms with E-state index in [1.54, 1.807) is 48.5 Å². The van der Waals surface area contributed by atoms with Crippen LogP contribution in [0.5, 0.6) is 5.75 Å². The SMILES string of the molecule is CC(=O)c1ccccc1NC(=O)/C(C#N)=C\c1ccc(OCC(=O)Nc2ccc(C)cc2)cc1. The summed E-state index contributed by atoms with van der Waals surface area (Å²) in [5, 5.41) is 14.8. The Morgan fingerprint density at radius 2 is 1.62 bits per heavy atom. The van der Waals surface area contributed by atoms with Crippen LogP contribution in [0.25, 0.3) is 6.08 Å². The van der Waals surface area contributed by atoms with Crippen molar-refractivity contribution < 1.29 is 19.1 Å². The molecule has 7 heteroatoms. The highest BCUT2D eigenvalue weighted by molar-refractivity contribution is 6.12. The molecule has 170 valence electrons. The minimum Gasteiger partial charge on any atom is -0.484 e. The van der Waals surface area contributed by atoms with Crippen molar-refractivity contribution in [2.75, 3.05) is 17.2 Å². The van der Waals surface area contributed by atoms with Gasteiger partial charge in [-0.25, -0.2) is 0 Å². The van der Waals surface area contributed by atoms with Gasteiger partial charge in [-0.3, -0.25) is 14.4 Å². The van der Waals surface area contributed by atoms with Crippen LogP contribution in [0.3, 0.4) is 0 Å². The molecule has 0 unspecified atom stereocenters. The van der Waals surface area contributed by atoms with E-state index in [9.17, 15) is 19.6 Å². The number of aryl methyl sites for hydroxylation is 1. The van der Waals surface area contributed by atoms with Gasteiger partial charge in [-0.2, -0.15) is 5.26 Å². The Labute approximate surface area is 197 Å². The van der Waals surface area contributed by atoms with Crippen molar-refractivity contribution >= 4 is 35.0 Å². The maximum Gasteiger partial charge on any atom is 0.266 e. The van der Waals surface area contributed by atoms with Crippen LogP contribution in [0.4, 0.5) is 11.4 Å². The molecule has 0 aliphatic rings. The van der Waals surface area contributed by atoms with E-state index in [1.807, 2.05) is 37.3 Å². The zero-order valence-electron chi connectivity index (χ0n) is 18.8. The molecule has 0 aliphatic heterocycles. The van der Waals surface area contributed by atoms with Crippen molar-refractivity contribution in [3.8, 4) is 11.8 Å². The summed E-state index contributed by atoms with van der Waals surface area (Å²) in [6.45, 7) is 3.21. The molecule has 0 bridgehead atoms. The second-order valence-corrected chi connectivity index (χ2v) is 7.50. The van der Waals surface area contributed by atoms with Crippen molar-refractivity contribution in [2.45, 2.75) is 13.8 Å². The Hall–Kier alpha value is -4.70. The van der Waals surface area contributed by atoms with E-state index < -0.39 is 5.91 Å². The third-order valence-electron chi connectivity index (χ3n) is 4.82. The normalized spacial score (nSPS) is 10.7. The fourth-order valence-electron chi connectivity index (χ4n) is 3.05. The average molecular weight is 453 g/mol. The minimum atomic E-state index is -0.621. The first-order valence-corrected chi connectivity index (χ1v) is 10.5. The molecule has 2 N–H and O–H groups in total. The van der Waals surface area contributed by atoms with Gasteiger partial charge < -0.3 is 15.4 Å². The predicted molar refractivity (Wildman–Crippen MR) is 130 cm³/mol. The second kappa shape index (κ2) is 11.2. The maximum absolute atomic E-state index is 12.6. The van der Waals surface area contributed by atoms with Crippen molar-refractivity contribution in [3.05, 3.63) is 95.1 Å². The van der Waals surface area contributed by atoms with Gasteiger partial charge in [0.2, 0.25) is 0 Å². The van der Waals surface area contributed by atoms with Crippen molar-refractivity contribution in [1.82, 2.24) is 0 Å². The van der Waals surface area contributed by atoms with Crippen LogP contribution in [0.1, 0.15) is 28.4 Å². The predicted octanol–water partition coefficient (Wildman–Crippen LogP) is 4.76. The number of anilines is 2. The molecular formula is C27H23N3O4. The van der Waals surface area contributed by atoms with Crippen LogP contribution in [-0.2, 0) is 9.59 Å². The fourth-order valence-corrected chi connectivity index (χ4v) is 3.05. The highest BCUT2D eigenvalue weighted by Crippen LogP contribution is 2.18. The number of amides is 2. The Bertz CT molecular complexity index is 1270. The summed E-state index contributed by atoms with van der Waals surface area (Å²) >= 11 is 0. The van der Waals surface area contributed by atoms with E-state index in [-0.39, 0.29) is 23.9 Å². The molecule has 0 atom stereocenters. The number of Topliss-reactive ketones (excluding diaryl/α,β-unsaturated/α-hetero) is 1. The topological polar surface area (TPSA) is 108 Å². The summed E-state index contributed by atoms with van der Waals surface area (Å²) in [6, 6.07) is 22.5. The number of nitriles is 1. The number of nitrogens with one attached hydrogen (secondary N) is 2. The fraction of sp³-hybridized carbons (Fsp3) is 0.111. The van der Waals surface area contributed by atoms with Gasteiger partial charge in [-0.15, -0.1) is 0 Å². The summed E-state index contributed by atoms with van der Waals surface area (Å²) < 4.78 is 5.50. The van der Waals surface area contributed by atoms with Crippen molar-refractivity contribution in [1.29, 1.82) is 5.26 Å². The molecule has 0 saturated heterocycles. The Kier molecular flexibility index (Phi) is 7.93. The Morgan fingerprint density at radius 1 is 0.941 bits per heavy atom. The van der Waals surface area contributed by atoms with Gasteiger partial charge in [0.1, 0.15) is 17.4 Å². The van der Waals surface area contributed by atoms with Crippen LogP contribution in [0, 0.1) is 18.3 Å². The number of para-hydroxylation sites is 1. The monoisotopic (exact) mass is 453 g/mol. The Morgan fingerprint density at radius 3 is 2.26 bits per heavy atom. The molecule has 0 fully saturated rings. The van der Waals surface area contributed by atoms with E-state index in [2.05, 4.69) is 10.6 Å². The molecule has 0 saturated carbocycles. The lowest BCUT2D eigenvalue weighted by Gasteiger charge is -2.09. The van der Waals surface area contributed by atoms with Gasteiger partial charge in [0.25, 0.3) is 11.8 Å². The smallest absolute Gasteiger partial charge is 0.266 e. The highest BCUT2D eigenvalue weighted by atomic mass is 16.5. The average Bonchev–Trinajstić information content (AvgIpc) is 2.83. The summed E-state index contributed by atoms with van der Waals surface area (Å²) in [7, 11) is 0. The number of carbonyl (C=O) groups excluding carboxylic acids is 3. The first-order valence-electron chi connectivity index (χ1n) is 10.5. The van der Waals surface area contributed by atoms with Gasteiger partial charge in [0, 0.05) is 11.3 Å². The van der Waals surface area contributed by atoms with Gasteiger partial charge >= 0.3 is 0 Å². The van der Waals surface area contributed by atoms with Crippen LogP contribution in [-0.4, -0.2) is 24.2 Å². The molecule has 34 heavy (non-hydrogen) atoms. The molecule has 0 spiro atoms. The molecule has 0 aromatic heterocycles. The molecule has 3 aromatic carbocycles. The van der Waals surface area contributed by atoms with Gasteiger partial charge in [0.05, 0.1) is 5.69 Å². The molecule has 0 radical (unpaired) electrons. The molecule has 0 aliphatic carbocycles. The standard InChI is InChI=1S/C27H23N3O4/c1-18-7-11-22(12-8-18)29-26(32)17-34-23-13-9-20(10-14-23)15-21(16-28)27(33)30-25-6-4-3-5-24(25)19(2)31/h3-15H,17H2,1-2H3,(H,29,32)(H,30,33)/b21-15-. The molecule has 2 amide bonds. The lowest BCUT2D eigenvalue weighted by molar-refractivity contribution is -0.118. The third kappa shape index (κ3) is 6.65. The summed E-state index contributed by atoms with van der Waals surface area (Å²) in [5.74, 6) is -0.637. The number of rotatable bonds is 8.